The maximum atomic E-state index is 13.6. The first-order valence-corrected chi connectivity index (χ1v) is 18.0. The summed E-state index contributed by atoms with van der Waals surface area (Å²) in [5.74, 6) is 0.724. The molecule has 0 radical (unpaired) electrons. The number of ether oxygens (including phenoxy) is 2. The minimum atomic E-state index is -0.302. The van der Waals surface area contributed by atoms with Crippen molar-refractivity contribution in [1.82, 2.24) is 0 Å². The quantitative estimate of drug-likeness (QED) is 0.0914. The van der Waals surface area contributed by atoms with E-state index in [2.05, 4.69) is 27.7 Å². The highest BCUT2D eigenvalue weighted by atomic mass is 16.5. The van der Waals surface area contributed by atoms with Crippen LogP contribution in [0.2, 0.25) is 0 Å². The van der Waals surface area contributed by atoms with Gasteiger partial charge in [-0.15, -0.1) is 0 Å². The molecule has 0 saturated heterocycles. The van der Waals surface area contributed by atoms with Crippen LogP contribution in [0.5, 0.6) is 23.0 Å². The summed E-state index contributed by atoms with van der Waals surface area (Å²) in [5, 5.41) is 22.3. The molecule has 2 unspecified atom stereocenters. The largest absolute Gasteiger partial charge is 0.507 e. The number of phenolic OH excluding ortho intramolecular Hbond substituents is 2. The molecule has 0 aromatic heterocycles. The first kappa shape index (κ1) is 37.2. The highest BCUT2D eigenvalue weighted by molar-refractivity contribution is 6.11. The van der Waals surface area contributed by atoms with E-state index in [1.54, 1.807) is 60.7 Å². The Kier molecular flexibility index (Phi) is 14.3. The molecule has 49 heavy (non-hydrogen) atoms. The first-order chi connectivity index (χ1) is 23.8. The van der Waals surface area contributed by atoms with E-state index >= 15 is 0 Å². The van der Waals surface area contributed by atoms with Crippen molar-refractivity contribution in [3.8, 4) is 23.0 Å². The van der Waals surface area contributed by atoms with Crippen LogP contribution in [0.15, 0.2) is 84.9 Å². The maximum absolute atomic E-state index is 13.6. The summed E-state index contributed by atoms with van der Waals surface area (Å²) in [5.41, 5.74) is 2.61. The van der Waals surface area contributed by atoms with Crippen LogP contribution in [0.3, 0.4) is 0 Å². The van der Waals surface area contributed by atoms with Gasteiger partial charge < -0.3 is 19.7 Å². The molecule has 6 nitrogen and oxygen atoms in total. The molecule has 2 atom stereocenters. The van der Waals surface area contributed by atoms with E-state index in [1.807, 2.05) is 12.1 Å². The normalized spacial score (nSPS) is 12.3. The Labute approximate surface area is 292 Å². The maximum Gasteiger partial charge on any atom is 0.196 e. The highest BCUT2D eigenvalue weighted by Crippen LogP contribution is 2.37. The van der Waals surface area contributed by atoms with E-state index in [0.717, 1.165) is 51.4 Å². The van der Waals surface area contributed by atoms with Crippen LogP contribution in [-0.2, 0) is 6.42 Å². The summed E-state index contributed by atoms with van der Waals surface area (Å²) in [6.07, 6.45) is 8.65. The molecular formula is C43H52O6. The Morgan fingerprint density at radius 1 is 0.592 bits per heavy atom. The lowest BCUT2D eigenvalue weighted by molar-refractivity contribution is 0.102. The van der Waals surface area contributed by atoms with Gasteiger partial charge in [-0.3, -0.25) is 9.59 Å². The number of hydrogen-bond acceptors (Lipinski definition) is 6. The minimum Gasteiger partial charge on any atom is -0.507 e. The fraction of sp³-hybridized carbons (Fsp3) is 0.395. The summed E-state index contributed by atoms with van der Waals surface area (Å²) in [6, 6.07) is 24.2. The van der Waals surface area contributed by atoms with E-state index < -0.39 is 0 Å². The number of unbranched alkanes of at least 4 members (excludes halogenated alkanes) is 2. The standard InChI is InChI=1S/C43H52O6/c1-5-9-17-30(7-3)28-48-40-26-38(44)36(42(46)32-19-13-11-14-20-32)24-34(40)23-35-25-37(43(47)33-21-15-12-16-22-33)39(45)27-41(35)49-29-31(8-4)18-10-6-2/h11-16,19-22,24-27,30-31,44-45H,5-10,17-18,23,28-29H2,1-4H3. The SMILES string of the molecule is CCCCC(CC)COc1cc(O)c(C(=O)c2ccccc2)cc1Cc1cc(C(=O)c2ccccc2)c(O)cc1OCC(CC)CCCC. The Morgan fingerprint density at radius 3 is 1.33 bits per heavy atom. The second kappa shape index (κ2) is 18.8. The summed E-state index contributed by atoms with van der Waals surface area (Å²) in [7, 11) is 0. The van der Waals surface area contributed by atoms with Gasteiger partial charge in [-0.05, 0) is 47.9 Å². The van der Waals surface area contributed by atoms with Crippen molar-refractivity contribution >= 4 is 11.6 Å². The van der Waals surface area contributed by atoms with Gasteiger partial charge in [-0.2, -0.15) is 0 Å². The van der Waals surface area contributed by atoms with Crippen LogP contribution >= 0.6 is 0 Å². The van der Waals surface area contributed by atoms with E-state index in [-0.39, 0.29) is 40.6 Å². The van der Waals surface area contributed by atoms with Gasteiger partial charge in [0.05, 0.1) is 24.3 Å². The molecular weight excluding hydrogens is 612 g/mol. The second-order valence-electron chi connectivity index (χ2n) is 13.0. The van der Waals surface area contributed by atoms with Gasteiger partial charge in [-0.1, -0.05) is 127 Å². The number of aromatic hydroxyl groups is 2. The minimum absolute atomic E-state index is 0.155. The van der Waals surface area contributed by atoms with Gasteiger partial charge in [0.2, 0.25) is 0 Å². The van der Waals surface area contributed by atoms with Crippen molar-refractivity contribution in [2.24, 2.45) is 11.8 Å². The fourth-order valence-corrected chi connectivity index (χ4v) is 6.04. The second-order valence-corrected chi connectivity index (χ2v) is 13.0. The van der Waals surface area contributed by atoms with Crippen LogP contribution in [0, 0.1) is 11.8 Å². The number of benzene rings is 4. The smallest absolute Gasteiger partial charge is 0.196 e. The molecule has 2 N–H and O–H groups in total. The number of ketones is 2. The molecule has 0 aliphatic carbocycles. The molecule has 0 fully saturated rings. The average Bonchev–Trinajstić information content (AvgIpc) is 3.13. The first-order valence-electron chi connectivity index (χ1n) is 18.0. The molecule has 0 amide bonds. The summed E-state index contributed by atoms with van der Waals surface area (Å²) >= 11 is 0. The number of hydrogen-bond donors (Lipinski definition) is 2. The zero-order chi connectivity index (χ0) is 35.2. The zero-order valence-electron chi connectivity index (χ0n) is 29.5. The lowest BCUT2D eigenvalue weighted by Gasteiger charge is -2.21. The number of carbonyl (C=O) groups is 2. The number of carbonyl (C=O) groups excluding carboxylic acids is 2. The van der Waals surface area contributed by atoms with Crippen molar-refractivity contribution in [3.05, 3.63) is 118 Å². The van der Waals surface area contributed by atoms with Gasteiger partial charge in [0.1, 0.15) is 23.0 Å². The summed E-state index contributed by atoms with van der Waals surface area (Å²) < 4.78 is 12.8. The van der Waals surface area contributed by atoms with Crippen LogP contribution in [0.4, 0.5) is 0 Å². The average molecular weight is 665 g/mol. The van der Waals surface area contributed by atoms with Crippen LogP contribution in [-0.4, -0.2) is 35.0 Å². The molecule has 0 aliphatic heterocycles. The molecule has 4 aromatic carbocycles. The molecule has 4 rings (SSSR count). The third-order valence-electron chi connectivity index (χ3n) is 9.34. The topological polar surface area (TPSA) is 93.1 Å². The molecule has 0 heterocycles. The van der Waals surface area contributed by atoms with Gasteiger partial charge in [-0.25, -0.2) is 0 Å². The predicted molar refractivity (Wildman–Crippen MR) is 196 cm³/mol. The Morgan fingerprint density at radius 2 is 0.980 bits per heavy atom. The fourth-order valence-electron chi connectivity index (χ4n) is 6.04. The third-order valence-corrected chi connectivity index (χ3v) is 9.34. The van der Waals surface area contributed by atoms with E-state index in [1.165, 1.54) is 12.1 Å². The monoisotopic (exact) mass is 664 g/mol. The molecule has 0 spiro atoms. The van der Waals surface area contributed by atoms with E-state index in [9.17, 15) is 19.8 Å². The molecule has 0 bridgehead atoms. The van der Waals surface area contributed by atoms with Crippen LogP contribution in [0.1, 0.15) is 122 Å². The number of rotatable bonds is 20. The molecule has 0 saturated carbocycles. The molecule has 6 heteroatoms. The summed E-state index contributed by atoms with van der Waals surface area (Å²) in [4.78, 5) is 27.2. The zero-order valence-corrected chi connectivity index (χ0v) is 29.5. The molecule has 260 valence electrons. The lowest BCUT2D eigenvalue weighted by Crippen LogP contribution is -2.14. The van der Waals surface area contributed by atoms with Crippen molar-refractivity contribution in [1.29, 1.82) is 0 Å². The lowest BCUT2D eigenvalue weighted by atomic mass is 9.93. The Hall–Kier alpha value is -4.58. The van der Waals surface area contributed by atoms with Gasteiger partial charge in [0, 0.05) is 29.7 Å². The van der Waals surface area contributed by atoms with E-state index in [4.69, 9.17) is 9.47 Å². The molecule has 4 aromatic rings. The van der Waals surface area contributed by atoms with E-state index in [0.29, 0.717) is 58.8 Å². The van der Waals surface area contributed by atoms with Crippen molar-refractivity contribution in [2.45, 2.75) is 85.5 Å². The van der Waals surface area contributed by atoms with Gasteiger partial charge in [0.15, 0.2) is 11.6 Å². The van der Waals surface area contributed by atoms with Crippen molar-refractivity contribution < 1.29 is 29.3 Å². The predicted octanol–water partition coefficient (Wildman–Crippen LogP) is 10.3. The van der Waals surface area contributed by atoms with Crippen molar-refractivity contribution in [2.75, 3.05) is 13.2 Å². The summed E-state index contributed by atoms with van der Waals surface area (Å²) in [6.45, 7) is 9.60. The van der Waals surface area contributed by atoms with Gasteiger partial charge >= 0.3 is 0 Å². The third kappa shape index (κ3) is 10.2. The van der Waals surface area contributed by atoms with Crippen molar-refractivity contribution in [3.63, 3.8) is 0 Å². The Balaban J connectivity index is 1.80. The number of phenols is 2. The van der Waals surface area contributed by atoms with Gasteiger partial charge in [0.25, 0.3) is 0 Å². The Bertz CT molecular complexity index is 1520. The van der Waals surface area contributed by atoms with Crippen LogP contribution < -0.4 is 9.47 Å². The van der Waals surface area contributed by atoms with Crippen LogP contribution in [0.25, 0.3) is 0 Å². The highest BCUT2D eigenvalue weighted by Gasteiger charge is 2.23. The molecule has 0 aliphatic rings.